The van der Waals surface area contributed by atoms with Gasteiger partial charge in [-0.05, 0) is 63.6 Å². The zero-order valence-electron chi connectivity index (χ0n) is 12.7. The van der Waals surface area contributed by atoms with E-state index in [-0.39, 0.29) is 5.54 Å². The maximum absolute atomic E-state index is 5.53. The van der Waals surface area contributed by atoms with E-state index in [2.05, 4.69) is 50.4 Å². The summed E-state index contributed by atoms with van der Waals surface area (Å²) in [5, 5.41) is 3.66. The van der Waals surface area contributed by atoms with E-state index in [1.807, 2.05) is 0 Å². The Morgan fingerprint density at radius 1 is 1.21 bits per heavy atom. The van der Waals surface area contributed by atoms with E-state index < -0.39 is 0 Å². The molecule has 2 unspecified atom stereocenters. The van der Waals surface area contributed by atoms with Gasteiger partial charge in [-0.1, -0.05) is 24.6 Å². The Morgan fingerprint density at radius 3 is 2.63 bits per heavy atom. The average Bonchev–Trinajstić information content (AvgIpc) is 2.83. The zero-order valence-corrected chi connectivity index (χ0v) is 12.7. The van der Waals surface area contributed by atoms with E-state index in [0.717, 1.165) is 18.2 Å². The highest BCUT2D eigenvalue weighted by Gasteiger charge is 2.30. The Morgan fingerprint density at radius 2 is 1.95 bits per heavy atom. The SMILES string of the molecule is COc1ccccc1C1CCCC1CNC(C)(C)C. The molecule has 2 nitrogen and oxygen atoms in total. The summed E-state index contributed by atoms with van der Waals surface area (Å²) >= 11 is 0. The summed E-state index contributed by atoms with van der Waals surface area (Å²) in [4.78, 5) is 0. The highest BCUT2D eigenvalue weighted by atomic mass is 16.5. The molecule has 1 saturated carbocycles. The van der Waals surface area contributed by atoms with Gasteiger partial charge in [0.15, 0.2) is 0 Å². The number of rotatable bonds is 4. The standard InChI is InChI=1S/C17H27NO/c1-17(2,3)18-12-13-8-7-10-14(13)15-9-5-6-11-16(15)19-4/h5-6,9,11,13-14,18H,7-8,10,12H2,1-4H3. The van der Waals surface area contributed by atoms with Gasteiger partial charge in [0.2, 0.25) is 0 Å². The maximum atomic E-state index is 5.53. The first-order valence-corrected chi connectivity index (χ1v) is 7.39. The normalized spacial score (nSPS) is 23.6. The first kappa shape index (κ1) is 14.4. The van der Waals surface area contributed by atoms with Gasteiger partial charge < -0.3 is 10.1 Å². The Balaban J connectivity index is 2.10. The lowest BCUT2D eigenvalue weighted by Crippen LogP contribution is -2.39. The Bertz CT molecular complexity index is 408. The van der Waals surface area contributed by atoms with Crippen LogP contribution in [0.25, 0.3) is 0 Å². The fraction of sp³-hybridized carbons (Fsp3) is 0.647. The maximum Gasteiger partial charge on any atom is 0.122 e. The molecule has 0 bridgehead atoms. The van der Waals surface area contributed by atoms with E-state index in [1.165, 1.54) is 24.8 Å². The fourth-order valence-corrected chi connectivity index (χ4v) is 3.10. The topological polar surface area (TPSA) is 21.3 Å². The minimum atomic E-state index is 0.202. The molecule has 0 aromatic heterocycles. The largest absolute Gasteiger partial charge is 0.496 e. The lowest BCUT2D eigenvalue weighted by molar-refractivity contribution is 0.349. The van der Waals surface area contributed by atoms with Crippen LogP contribution in [-0.4, -0.2) is 19.2 Å². The van der Waals surface area contributed by atoms with Crippen molar-refractivity contribution in [3.05, 3.63) is 29.8 Å². The van der Waals surface area contributed by atoms with Crippen molar-refractivity contribution < 1.29 is 4.74 Å². The third kappa shape index (κ3) is 3.73. The van der Waals surface area contributed by atoms with Gasteiger partial charge in [-0.2, -0.15) is 0 Å². The second-order valence-corrected chi connectivity index (χ2v) is 6.67. The van der Waals surface area contributed by atoms with Crippen LogP contribution in [-0.2, 0) is 0 Å². The minimum absolute atomic E-state index is 0.202. The highest BCUT2D eigenvalue weighted by molar-refractivity contribution is 5.37. The molecule has 1 fully saturated rings. The molecule has 2 atom stereocenters. The second-order valence-electron chi connectivity index (χ2n) is 6.67. The van der Waals surface area contributed by atoms with Crippen molar-refractivity contribution in [2.75, 3.05) is 13.7 Å². The number of benzene rings is 1. The van der Waals surface area contributed by atoms with Crippen molar-refractivity contribution in [1.82, 2.24) is 5.32 Å². The van der Waals surface area contributed by atoms with Gasteiger partial charge in [0, 0.05) is 5.54 Å². The van der Waals surface area contributed by atoms with Crippen molar-refractivity contribution >= 4 is 0 Å². The van der Waals surface area contributed by atoms with Crippen LogP contribution < -0.4 is 10.1 Å². The average molecular weight is 261 g/mol. The van der Waals surface area contributed by atoms with Crippen LogP contribution in [0.5, 0.6) is 5.75 Å². The molecule has 0 aliphatic heterocycles. The highest BCUT2D eigenvalue weighted by Crippen LogP contribution is 2.42. The molecule has 0 spiro atoms. The molecule has 1 aliphatic rings. The summed E-state index contributed by atoms with van der Waals surface area (Å²) in [6.45, 7) is 7.81. The van der Waals surface area contributed by atoms with Crippen molar-refractivity contribution in [1.29, 1.82) is 0 Å². The predicted molar refractivity (Wildman–Crippen MR) is 80.8 cm³/mol. The van der Waals surface area contributed by atoms with Crippen LogP contribution in [0.4, 0.5) is 0 Å². The predicted octanol–water partition coefficient (Wildman–Crippen LogP) is 3.97. The van der Waals surface area contributed by atoms with Gasteiger partial charge in [0.05, 0.1) is 7.11 Å². The number of para-hydroxylation sites is 1. The van der Waals surface area contributed by atoms with E-state index in [4.69, 9.17) is 4.74 Å². The summed E-state index contributed by atoms with van der Waals surface area (Å²) in [7, 11) is 1.77. The Labute approximate surface area is 117 Å². The lowest BCUT2D eigenvalue weighted by Gasteiger charge is -2.27. The van der Waals surface area contributed by atoms with Crippen LogP contribution >= 0.6 is 0 Å². The zero-order chi connectivity index (χ0) is 13.9. The van der Waals surface area contributed by atoms with Crippen molar-refractivity contribution in [2.24, 2.45) is 5.92 Å². The van der Waals surface area contributed by atoms with E-state index in [0.29, 0.717) is 5.92 Å². The quantitative estimate of drug-likeness (QED) is 0.885. The molecule has 0 saturated heterocycles. The molecular weight excluding hydrogens is 234 g/mol. The van der Waals surface area contributed by atoms with E-state index >= 15 is 0 Å². The first-order valence-electron chi connectivity index (χ1n) is 7.39. The fourth-order valence-electron chi connectivity index (χ4n) is 3.10. The monoisotopic (exact) mass is 261 g/mol. The van der Waals surface area contributed by atoms with Crippen LogP contribution in [0.3, 0.4) is 0 Å². The Kier molecular flexibility index (Phi) is 4.51. The van der Waals surface area contributed by atoms with Gasteiger partial charge >= 0.3 is 0 Å². The van der Waals surface area contributed by atoms with E-state index in [1.54, 1.807) is 7.11 Å². The Hall–Kier alpha value is -1.02. The summed E-state index contributed by atoms with van der Waals surface area (Å²) in [6, 6.07) is 8.50. The van der Waals surface area contributed by atoms with Crippen molar-refractivity contribution in [3.63, 3.8) is 0 Å². The molecule has 19 heavy (non-hydrogen) atoms. The molecule has 2 rings (SSSR count). The van der Waals surface area contributed by atoms with E-state index in [9.17, 15) is 0 Å². The van der Waals surface area contributed by atoms with Crippen molar-refractivity contribution in [2.45, 2.75) is 51.5 Å². The van der Waals surface area contributed by atoms with Gasteiger partial charge in [0.25, 0.3) is 0 Å². The summed E-state index contributed by atoms with van der Waals surface area (Å²) in [6.07, 6.45) is 3.95. The molecule has 0 heterocycles. The number of methoxy groups -OCH3 is 1. The second kappa shape index (κ2) is 5.96. The molecule has 0 amide bonds. The molecule has 0 radical (unpaired) electrons. The first-order chi connectivity index (χ1) is 9.01. The molecule has 1 aromatic carbocycles. The third-order valence-corrected chi connectivity index (χ3v) is 4.09. The minimum Gasteiger partial charge on any atom is -0.496 e. The molecule has 106 valence electrons. The number of hydrogen-bond donors (Lipinski definition) is 1. The van der Waals surface area contributed by atoms with Crippen LogP contribution in [0.1, 0.15) is 51.5 Å². The van der Waals surface area contributed by atoms with Crippen molar-refractivity contribution in [3.8, 4) is 5.75 Å². The summed E-state index contributed by atoms with van der Waals surface area (Å²) in [5.74, 6) is 2.43. The number of nitrogens with one attached hydrogen (secondary N) is 1. The van der Waals surface area contributed by atoms with Crippen LogP contribution in [0.15, 0.2) is 24.3 Å². The molecule has 1 N–H and O–H groups in total. The van der Waals surface area contributed by atoms with Gasteiger partial charge in [-0.25, -0.2) is 0 Å². The van der Waals surface area contributed by atoms with Gasteiger partial charge in [-0.15, -0.1) is 0 Å². The van der Waals surface area contributed by atoms with Gasteiger partial charge in [-0.3, -0.25) is 0 Å². The number of hydrogen-bond acceptors (Lipinski definition) is 2. The van der Waals surface area contributed by atoms with Gasteiger partial charge in [0.1, 0.15) is 5.75 Å². The number of ether oxygens (including phenoxy) is 1. The molecule has 2 heteroatoms. The summed E-state index contributed by atoms with van der Waals surface area (Å²) < 4.78 is 5.53. The molecular formula is C17H27NO. The van der Waals surface area contributed by atoms with Crippen LogP contribution in [0, 0.1) is 5.92 Å². The lowest BCUT2D eigenvalue weighted by atomic mass is 9.87. The third-order valence-electron chi connectivity index (χ3n) is 4.09. The van der Waals surface area contributed by atoms with Crippen LogP contribution in [0.2, 0.25) is 0 Å². The molecule has 1 aliphatic carbocycles. The smallest absolute Gasteiger partial charge is 0.122 e. The summed E-state index contributed by atoms with van der Waals surface area (Å²) in [5.41, 5.74) is 1.59. The molecule has 1 aromatic rings.